The van der Waals surface area contributed by atoms with Crippen LogP contribution in [0.1, 0.15) is 13.8 Å². The van der Waals surface area contributed by atoms with Gasteiger partial charge in [-0.15, -0.1) is 0 Å². The van der Waals surface area contributed by atoms with Gasteiger partial charge in [-0.3, -0.25) is 0 Å². The molecule has 0 aliphatic rings. The first-order valence-corrected chi connectivity index (χ1v) is 7.51. The zero-order chi connectivity index (χ0) is 13.0. The van der Waals surface area contributed by atoms with Crippen molar-refractivity contribution in [2.45, 2.75) is 13.8 Å². The SMILES string of the molecule is CCN(CC)C(=O)Oc1c(I)ncc(I)c1Cl. The van der Waals surface area contributed by atoms with E-state index in [1.165, 1.54) is 0 Å². The van der Waals surface area contributed by atoms with Gasteiger partial charge in [-0.05, 0) is 59.0 Å². The molecule has 1 amide bonds. The number of halogens is 3. The maximum Gasteiger partial charge on any atom is 0.415 e. The number of ether oxygens (including phenoxy) is 1. The summed E-state index contributed by atoms with van der Waals surface area (Å²) in [6.45, 7) is 4.98. The molecule has 7 heteroatoms. The Balaban J connectivity index is 2.95. The highest BCUT2D eigenvalue weighted by Crippen LogP contribution is 2.32. The first-order valence-electron chi connectivity index (χ1n) is 4.97. The number of rotatable bonds is 3. The highest BCUT2D eigenvalue weighted by atomic mass is 127. The number of nitrogens with zero attached hydrogens (tertiary/aromatic N) is 2. The van der Waals surface area contributed by atoms with Crippen LogP contribution in [-0.4, -0.2) is 29.1 Å². The van der Waals surface area contributed by atoms with Crippen molar-refractivity contribution in [3.05, 3.63) is 18.5 Å². The molecule has 1 heterocycles. The topological polar surface area (TPSA) is 42.4 Å². The Morgan fingerprint density at radius 2 is 2.06 bits per heavy atom. The Morgan fingerprint density at radius 3 is 2.59 bits per heavy atom. The van der Waals surface area contributed by atoms with Gasteiger partial charge in [-0.25, -0.2) is 9.78 Å². The summed E-state index contributed by atoms with van der Waals surface area (Å²) in [6, 6.07) is 0. The summed E-state index contributed by atoms with van der Waals surface area (Å²) in [5.41, 5.74) is 0. The maximum absolute atomic E-state index is 11.8. The van der Waals surface area contributed by atoms with E-state index >= 15 is 0 Å². The van der Waals surface area contributed by atoms with E-state index in [1.54, 1.807) is 11.1 Å². The van der Waals surface area contributed by atoms with Crippen molar-refractivity contribution in [3.8, 4) is 5.75 Å². The van der Waals surface area contributed by atoms with Crippen molar-refractivity contribution in [1.82, 2.24) is 9.88 Å². The van der Waals surface area contributed by atoms with E-state index in [2.05, 4.69) is 4.98 Å². The molecule has 0 atom stereocenters. The monoisotopic (exact) mass is 480 g/mol. The van der Waals surface area contributed by atoms with Crippen molar-refractivity contribution in [2.24, 2.45) is 0 Å². The summed E-state index contributed by atoms with van der Waals surface area (Å²) in [6.07, 6.45) is 1.23. The van der Waals surface area contributed by atoms with Crippen molar-refractivity contribution in [3.63, 3.8) is 0 Å². The van der Waals surface area contributed by atoms with Crippen LogP contribution >= 0.6 is 56.8 Å². The first kappa shape index (κ1) is 15.2. The van der Waals surface area contributed by atoms with Gasteiger partial charge in [0.2, 0.25) is 0 Å². The zero-order valence-corrected chi connectivity index (χ0v) is 14.4. The van der Waals surface area contributed by atoms with E-state index in [0.717, 1.165) is 3.57 Å². The molecule has 0 aliphatic carbocycles. The van der Waals surface area contributed by atoms with Crippen LogP contribution in [0, 0.1) is 7.27 Å². The fourth-order valence-corrected chi connectivity index (χ4v) is 2.39. The molecule has 0 spiro atoms. The Morgan fingerprint density at radius 1 is 1.47 bits per heavy atom. The summed E-state index contributed by atoms with van der Waals surface area (Å²) < 4.78 is 6.61. The molecule has 1 aromatic rings. The minimum atomic E-state index is -0.404. The minimum Gasteiger partial charge on any atom is -0.406 e. The molecule has 0 radical (unpaired) electrons. The molecule has 0 aliphatic heterocycles. The molecule has 0 unspecified atom stereocenters. The smallest absolute Gasteiger partial charge is 0.406 e. The van der Waals surface area contributed by atoms with E-state index < -0.39 is 6.09 Å². The Kier molecular flexibility index (Phi) is 6.21. The van der Waals surface area contributed by atoms with E-state index in [1.807, 2.05) is 59.0 Å². The third-order valence-corrected chi connectivity index (χ3v) is 4.38. The fourth-order valence-electron chi connectivity index (χ4n) is 1.15. The third kappa shape index (κ3) is 3.82. The lowest BCUT2D eigenvalue weighted by Crippen LogP contribution is -2.33. The number of carbonyl (C=O) groups excluding carboxylic acids is 1. The van der Waals surface area contributed by atoms with Gasteiger partial charge in [0.1, 0.15) is 8.72 Å². The van der Waals surface area contributed by atoms with Crippen LogP contribution in [0.25, 0.3) is 0 Å². The molecule has 17 heavy (non-hydrogen) atoms. The van der Waals surface area contributed by atoms with Gasteiger partial charge in [0.15, 0.2) is 5.75 Å². The largest absolute Gasteiger partial charge is 0.415 e. The van der Waals surface area contributed by atoms with Gasteiger partial charge in [-0.1, -0.05) is 11.6 Å². The Bertz CT molecular complexity index is 425. The molecule has 0 saturated heterocycles. The van der Waals surface area contributed by atoms with E-state index in [0.29, 0.717) is 27.6 Å². The number of pyridine rings is 1. The molecule has 1 rings (SSSR count). The predicted octanol–water partition coefficient (Wildman–Crippen LogP) is 3.78. The highest BCUT2D eigenvalue weighted by molar-refractivity contribution is 14.1. The van der Waals surface area contributed by atoms with Crippen molar-refractivity contribution in [1.29, 1.82) is 0 Å². The number of hydrogen-bond acceptors (Lipinski definition) is 3. The molecule has 94 valence electrons. The first-order chi connectivity index (χ1) is 8.01. The van der Waals surface area contributed by atoms with Crippen LogP contribution in [0.15, 0.2) is 6.20 Å². The summed E-state index contributed by atoms with van der Waals surface area (Å²) in [4.78, 5) is 17.5. The van der Waals surface area contributed by atoms with E-state index in [-0.39, 0.29) is 0 Å². The maximum atomic E-state index is 11.8. The summed E-state index contributed by atoms with van der Waals surface area (Å²) in [5.74, 6) is 0.330. The second-order valence-electron chi connectivity index (χ2n) is 3.08. The second-order valence-corrected chi connectivity index (χ2v) is 5.64. The standard InChI is InChI=1S/C10H11ClI2N2O2/c1-3-15(4-2)10(16)17-8-7(11)6(12)5-14-9(8)13/h5H,3-4H2,1-2H3. The zero-order valence-electron chi connectivity index (χ0n) is 9.34. The summed E-state index contributed by atoms with van der Waals surface area (Å²) in [7, 11) is 0. The van der Waals surface area contributed by atoms with Gasteiger partial charge >= 0.3 is 6.09 Å². The molecule has 0 bridgehead atoms. The molecule has 0 N–H and O–H groups in total. The molecular formula is C10H11ClI2N2O2. The van der Waals surface area contributed by atoms with Crippen LogP contribution in [0.2, 0.25) is 5.02 Å². The molecule has 0 fully saturated rings. The third-order valence-electron chi connectivity index (χ3n) is 2.10. The lowest BCUT2D eigenvalue weighted by atomic mass is 10.4. The van der Waals surface area contributed by atoms with Crippen molar-refractivity contribution in [2.75, 3.05) is 13.1 Å². The molecule has 1 aromatic heterocycles. The van der Waals surface area contributed by atoms with Crippen LogP contribution in [-0.2, 0) is 0 Å². The lowest BCUT2D eigenvalue weighted by Gasteiger charge is -2.18. The summed E-state index contributed by atoms with van der Waals surface area (Å²) >= 11 is 10.1. The average molecular weight is 480 g/mol. The number of amides is 1. The normalized spacial score (nSPS) is 10.2. The van der Waals surface area contributed by atoms with Crippen LogP contribution in [0.3, 0.4) is 0 Å². The van der Waals surface area contributed by atoms with Crippen LogP contribution < -0.4 is 4.74 Å². The molecular weight excluding hydrogens is 469 g/mol. The lowest BCUT2D eigenvalue weighted by molar-refractivity contribution is 0.156. The molecule has 0 aromatic carbocycles. The van der Waals surface area contributed by atoms with E-state index in [4.69, 9.17) is 16.3 Å². The Labute approximate surface area is 132 Å². The Hall–Kier alpha value is 0.170. The number of carbonyl (C=O) groups is 1. The van der Waals surface area contributed by atoms with Gasteiger partial charge < -0.3 is 9.64 Å². The van der Waals surface area contributed by atoms with Crippen molar-refractivity contribution >= 4 is 62.9 Å². The molecule has 0 saturated carbocycles. The average Bonchev–Trinajstić information content (AvgIpc) is 2.31. The minimum absolute atomic E-state index is 0.330. The summed E-state index contributed by atoms with van der Waals surface area (Å²) in [5, 5.41) is 0.422. The second kappa shape index (κ2) is 6.93. The predicted molar refractivity (Wildman–Crippen MR) is 83.6 cm³/mol. The van der Waals surface area contributed by atoms with E-state index in [9.17, 15) is 4.79 Å². The van der Waals surface area contributed by atoms with Crippen LogP contribution in [0.5, 0.6) is 5.75 Å². The van der Waals surface area contributed by atoms with Gasteiger partial charge in [0.25, 0.3) is 0 Å². The number of hydrogen-bond donors (Lipinski definition) is 0. The van der Waals surface area contributed by atoms with Gasteiger partial charge in [-0.2, -0.15) is 0 Å². The molecule has 4 nitrogen and oxygen atoms in total. The fraction of sp³-hybridized carbons (Fsp3) is 0.400. The van der Waals surface area contributed by atoms with Crippen LogP contribution in [0.4, 0.5) is 4.79 Å². The van der Waals surface area contributed by atoms with Gasteiger partial charge in [0.05, 0.1) is 3.57 Å². The van der Waals surface area contributed by atoms with Gasteiger partial charge in [0, 0.05) is 19.3 Å². The van der Waals surface area contributed by atoms with Crippen molar-refractivity contribution < 1.29 is 9.53 Å². The highest BCUT2D eigenvalue weighted by Gasteiger charge is 2.18. The quantitative estimate of drug-likeness (QED) is 0.489. The number of aromatic nitrogens is 1.